The molecule has 1 amide bonds. The zero-order valence-corrected chi connectivity index (χ0v) is 16.3. The molecule has 1 saturated heterocycles. The molecule has 0 bridgehead atoms. The molecule has 0 spiro atoms. The summed E-state index contributed by atoms with van der Waals surface area (Å²) >= 11 is 1.42. The van der Waals surface area contributed by atoms with E-state index < -0.39 is 11.7 Å². The van der Waals surface area contributed by atoms with E-state index in [2.05, 4.69) is 0 Å². The molecule has 1 heterocycles. The number of amides is 1. The largest absolute Gasteiger partial charge is 0.493 e. The van der Waals surface area contributed by atoms with Gasteiger partial charge in [-0.15, -0.1) is 11.8 Å². The van der Waals surface area contributed by atoms with Gasteiger partial charge in [-0.2, -0.15) is 13.2 Å². The van der Waals surface area contributed by atoms with Crippen LogP contribution in [0.15, 0.2) is 42.5 Å². The van der Waals surface area contributed by atoms with E-state index in [-0.39, 0.29) is 11.3 Å². The fourth-order valence-corrected chi connectivity index (χ4v) is 4.31. The normalized spacial score (nSPS) is 17.1. The Morgan fingerprint density at radius 1 is 1.07 bits per heavy atom. The van der Waals surface area contributed by atoms with Crippen LogP contribution in [0.25, 0.3) is 0 Å². The molecule has 1 unspecified atom stereocenters. The average Bonchev–Trinajstić information content (AvgIpc) is 3.06. The number of hydrogen-bond acceptors (Lipinski definition) is 4. The summed E-state index contributed by atoms with van der Waals surface area (Å²) in [7, 11) is 3.12. The first-order valence-electron chi connectivity index (χ1n) is 8.62. The van der Waals surface area contributed by atoms with Gasteiger partial charge in [0, 0.05) is 6.54 Å². The predicted octanol–water partition coefficient (Wildman–Crippen LogP) is 4.54. The highest BCUT2D eigenvalue weighted by Gasteiger charge is 2.34. The van der Waals surface area contributed by atoms with Gasteiger partial charge in [0.05, 0.1) is 25.5 Å². The van der Waals surface area contributed by atoms with Gasteiger partial charge in [0.25, 0.3) is 0 Å². The SMILES string of the molecule is COc1ccc(CCN2C(=O)CSC2c2ccc(C(F)(F)F)cc2)cc1OC. The molecule has 0 aromatic heterocycles. The van der Waals surface area contributed by atoms with Crippen molar-refractivity contribution in [3.05, 3.63) is 59.2 Å². The summed E-state index contributed by atoms with van der Waals surface area (Å²) in [5.41, 5.74) is 0.979. The minimum Gasteiger partial charge on any atom is -0.493 e. The van der Waals surface area contributed by atoms with Gasteiger partial charge in [0.2, 0.25) is 5.91 Å². The Hall–Kier alpha value is -2.35. The first-order chi connectivity index (χ1) is 13.3. The topological polar surface area (TPSA) is 38.8 Å². The molecule has 0 aliphatic carbocycles. The van der Waals surface area contributed by atoms with Gasteiger partial charge in [0.1, 0.15) is 5.37 Å². The van der Waals surface area contributed by atoms with E-state index in [1.54, 1.807) is 19.1 Å². The lowest BCUT2D eigenvalue weighted by molar-refractivity contribution is -0.137. The molecule has 0 saturated carbocycles. The molecular weight excluding hydrogens is 391 g/mol. The first kappa shape index (κ1) is 20.4. The zero-order valence-electron chi connectivity index (χ0n) is 15.5. The number of carbonyl (C=O) groups excluding carboxylic acids is 1. The fourth-order valence-electron chi connectivity index (χ4n) is 3.09. The quantitative estimate of drug-likeness (QED) is 0.700. The molecular formula is C20H20F3NO3S. The van der Waals surface area contributed by atoms with Crippen LogP contribution in [0.5, 0.6) is 11.5 Å². The molecule has 1 aliphatic heterocycles. The number of carbonyl (C=O) groups is 1. The monoisotopic (exact) mass is 411 g/mol. The summed E-state index contributed by atoms with van der Waals surface area (Å²) in [6, 6.07) is 10.6. The minimum absolute atomic E-state index is 0.0182. The lowest BCUT2D eigenvalue weighted by atomic mass is 10.1. The number of nitrogens with zero attached hydrogens (tertiary/aromatic N) is 1. The molecule has 0 N–H and O–H groups in total. The molecule has 8 heteroatoms. The van der Waals surface area contributed by atoms with Gasteiger partial charge in [-0.3, -0.25) is 4.79 Å². The maximum atomic E-state index is 12.8. The molecule has 3 rings (SSSR count). The van der Waals surface area contributed by atoms with Crippen LogP contribution in [0.4, 0.5) is 13.2 Å². The summed E-state index contributed by atoms with van der Waals surface area (Å²) in [4.78, 5) is 14.0. The van der Waals surface area contributed by atoms with Crippen LogP contribution in [0.1, 0.15) is 22.1 Å². The van der Waals surface area contributed by atoms with Crippen molar-refractivity contribution >= 4 is 17.7 Å². The molecule has 150 valence electrons. The number of alkyl halides is 3. The van der Waals surface area contributed by atoms with Crippen LogP contribution in [0, 0.1) is 0 Å². The summed E-state index contributed by atoms with van der Waals surface area (Å²) < 4.78 is 48.8. The minimum atomic E-state index is -4.37. The van der Waals surface area contributed by atoms with Crippen molar-refractivity contribution in [2.45, 2.75) is 18.0 Å². The van der Waals surface area contributed by atoms with Crippen LogP contribution in [-0.2, 0) is 17.4 Å². The van der Waals surface area contributed by atoms with Gasteiger partial charge in [0.15, 0.2) is 11.5 Å². The van der Waals surface area contributed by atoms with Crippen molar-refractivity contribution in [1.82, 2.24) is 4.90 Å². The van der Waals surface area contributed by atoms with E-state index in [0.29, 0.717) is 35.8 Å². The van der Waals surface area contributed by atoms with Gasteiger partial charge in [-0.1, -0.05) is 18.2 Å². The van der Waals surface area contributed by atoms with Crippen molar-refractivity contribution in [2.24, 2.45) is 0 Å². The average molecular weight is 411 g/mol. The molecule has 2 aromatic rings. The zero-order chi connectivity index (χ0) is 20.3. The van der Waals surface area contributed by atoms with Crippen molar-refractivity contribution in [3.63, 3.8) is 0 Å². The van der Waals surface area contributed by atoms with E-state index in [1.807, 2.05) is 18.2 Å². The first-order valence-corrected chi connectivity index (χ1v) is 9.67. The van der Waals surface area contributed by atoms with Crippen LogP contribution in [0.2, 0.25) is 0 Å². The maximum absolute atomic E-state index is 12.8. The third-order valence-corrected chi connectivity index (χ3v) is 5.84. The number of hydrogen-bond donors (Lipinski definition) is 0. The highest BCUT2D eigenvalue weighted by molar-refractivity contribution is 8.00. The summed E-state index contributed by atoms with van der Waals surface area (Å²) in [5.74, 6) is 1.54. The van der Waals surface area contributed by atoms with E-state index in [4.69, 9.17) is 9.47 Å². The lowest BCUT2D eigenvalue weighted by Gasteiger charge is -2.24. The Labute approximate surface area is 165 Å². The Kier molecular flexibility index (Phi) is 6.07. The van der Waals surface area contributed by atoms with Crippen LogP contribution in [-0.4, -0.2) is 37.3 Å². The van der Waals surface area contributed by atoms with Gasteiger partial charge in [-0.05, 0) is 41.8 Å². The second-order valence-corrected chi connectivity index (χ2v) is 7.38. The van der Waals surface area contributed by atoms with Crippen molar-refractivity contribution in [1.29, 1.82) is 0 Å². The Morgan fingerprint density at radius 3 is 2.36 bits per heavy atom. The van der Waals surface area contributed by atoms with Gasteiger partial charge >= 0.3 is 6.18 Å². The van der Waals surface area contributed by atoms with E-state index in [0.717, 1.165) is 17.7 Å². The molecule has 1 atom stereocenters. The third-order valence-electron chi connectivity index (χ3n) is 4.58. The highest BCUT2D eigenvalue weighted by Crippen LogP contribution is 2.40. The predicted molar refractivity (Wildman–Crippen MR) is 102 cm³/mol. The smallest absolute Gasteiger partial charge is 0.416 e. The second kappa shape index (κ2) is 8.34. The van der Waals surface area contributed by atoms with Crippen molar-refractivity contribution in [2.75, 3.05) is 26.5 Å². The summed E-state index contributed by atoms with van der Waals surface area (Å²) in [5, 5.41) is -0.282. The highest BCUT2D eigenvalue weighted by atomic mass is 32.2. The number of ether oxygens (including phenoxy) is 2. The van der Waals surface area contributed by atoms with Crippen LogP contribution >= 0.6 is 11.8 Å². The van der Waals surface area contributed by atoms with Gasteiger partial charge in [-0.25, -0.2) is 0 Å². The lowest BCUT2D eigenvalue weighted by Crippen LogP contribution is -2.30. The Balaban J connectivity index is 1.72. The van der Waals surface area contributed by atoms with E-state index >= 15 is 0 Å². The van der Waals surface area contributed by atoms with Crippen LogP contribution in [0.3, 0.4) is 0 Å². The Morgan fingerprint density at radius 2 is 1.75 bits per heavy atom. The van der Waals surface area contributed by atoms with Gasteiger partial charge < -0.3 is 14.4 Å². The number of rotatable bonds is 6. The molecule has 1 aliphatic rings. The van der Waals surface area contributed by atoms with Crippen molar-refractivity contribution in [3.8, 4) is 11.5 Å². The number of benzene rings is 2. The van der Waals surface area contributed by atoms with Crippen LogP contribution < -0.4 is 9.47 Å². The number of thioether (sulfide) groups is 1. The standard InChI is InChI=1S/C20H20F3NO3S/c1-26-16-8-3-13(11-17(16)27-2)9-10-24-18(25)12-28-19(24)14-4-6-15(7-5-14)20(21,22)23/h3-8,11,19H,9-10,12H2,1-2H3. The second-order valence-electron chi connectivity index (χ2n) is 6.31. The molecule has 1 fully saturated rings. The van der Waals surface area contributed by atoms with E-state index in [9.17, 15) is 18.0 Å². The third kappa shape index (κ3) is 4.38. The van der Waals surface area contributed by atoms with Crippen molar-refractivity contribution < 1.29 is 27.4 Å². The van der Waals surface area contributed by atoms with E-state index in [1.165, 1.54) is 23.9 Å². The molecule has 0 radical (unpaired) electrons. The Bertz CT molecular complexity index is 840. The fraction of sp³-hybridized carbons (Fsp3) is 0.350. The molecule has 28 heavy (non-hydrogen) atoms. The summed E-state index contributed by atoms with van der Waals surface area (Å²) in [6.07, 6.45) is -3.77. The summed E-state index contributed by atoms with van der Waals surface area (Å²) in [6.45, 7) is 0.465. The molecule has 4 nitrogen and oxygen atoms in total. The number of halogens is 3. The number of methoxy groups -OCH3 is 2. The maximum Gasteiger partial charge on any atom is 0.416 e. The molecule has 2 aromatic carbocycles.